The Bertz CT molecular complexity index is 1330. The molecule has 0 aliphatic heterocycles. The van der Waals surface area contributed by atoms with Crippen LogP contribution in [-0.2, 0) is 17.9 Å². The van der Waals surface area contributed by atoms with Crippen molar-refractivity contribution in [2.75, 3.05) is 12.4 Å². The average Bonchev–Trinajstić information content (AvgIpc) is 3.16. The van der Waals surface area contributed by atoms with Crippen LogP contribution in [0.25, 0.3) is 11.2 Å². The van der Waals surface area contributed by atoms with Crippen molar-refractivity contribution in [1.82, 2.24) is 24.5 Å². The third kappa shape index (κ3) is 4.52. The van der Waals surface area contributed by atoms with Crippen LogP contribution in [0.1, 0.15) is 5.56 Å². The molecule has 0 aliphatic rings. The zero-order chi connectivity index (χ0) is 22.0. The number of amides is 1. The molecule has 2 aromatic heterocycles. The normalized spacial score (nSPS) is 10.9. The predicted molar refractivity (Wildman–Crippen MR) is 117 cm³/mol. The maximum absolute atomic E-state index is 12.7. The third-order valence-corrected chi connectivity index (χ3v) is 5.21. The van der Waals surface area contributed by atoms with E-state index in [2.05, 4.69) is 20.6 Å². The van der Waals surface area contributed by atoms with Gasteiger partial charge < -0.3 is 10.1 Å². The lowest BCUT2D eigenvalue weighted by Crippen LogP contribution is -2.28. The molecule has 0 saturated carbocycles. The SMILES string of the molecule is COc1cccc(Cn2nnc3c(=O)n(CC(=O)Nc4ccc(Cl)c(Cl)c4)cnc32)c1. The van der Waals surface area contributed by atoms with E-state index in [9.17, 15) is 9.59 Å². The molecule has 31 heavy (non-hydrogen) atoms. The van der Waals surface area contributed by atoms with Crippen molar-refractivity contribution >= 4 is 46.0 Å². The Morgan fingerprint density at radius 2 is 2.00 bits per heavy atom. The number of rotatable bonds is 6. The molecular weight excluding hydrogens is 443 g/mol. The van der Waals surface area contributed by atoms with Crippen molar-refractivity contribution in [1.29, 1.82) is 0 Å². The molecule has 4 rings (SSSR count). The molecule has 11 heteroatoms. The Hall–Kier alpha value is -3.43. The number of nitrogens with one attached hydrogen (secondary N) is 1. The number of hydrogen-bond acceptors (Lipinski definition) is 6. The van der Waals surface area contributed by atoms with Gasteiger partial charge in [-0.3, -0.25) is 14.2 Å². The molecule has 4 aromatic rings. The van der Waals surface area contributed by atoms with Gasteiger partial charge in [0.1, 0.15) is 18.6 Å². The van der Waals surface area contributed by atoms with Crippen molar-refractivity contribution in [3.8, 4) is 5.75 Å². The van der Waals surface area contributed by atoms with E-state index in [-0.39, 0.29) is 12.1 Å². The summed E-state index contributed by atoms with van der Waals surface area (Å²) in [6, 6.07) is 12.2. The number of carbonyl (C=O) groups is 1. The minimum absolute atomic E-state index is 0.0766. The number of carbonyl (C=O) groups excluding carboxylic acids is 1. The highest BCUT2D eigenvalue weighted by atomic mass is 35.5. The summed E-state index contributed by atoms with van der Waals surface area (Å²) in [4.78, 5) is 29.4. The van der Waals surface area contributed by atoms with E-state index in [4.69, 9.17) is 27.9 Å². The molecule has 2 heterocycles. The number of fused-ring (bicyclic) bond motifs is 1. The molecule has 0 radical (unpaired) electrons. The highest BCUT2D eigenvalue weighted by Crippen LogP contribution is 2.25. The summed E-state index contributed by atoms with van der Waals surface area (Å²) in [6.07, 6.45) is 1.30. The van der Waals surface area contributed by atoms with E-state index >= 15 is 0 Å². The summed E-state index contributed by atoms with van der Waals surface area (Å²) in [5, 5.41) is 11.3. The van der Waals surface area contributed by atoms with Gasteiger partial charge in [0.25, 0.3) is 5.56 Å². The van der Waals surface area contributed by atoms with Gasteiger partial charge in [-0.05, 0) is 35.9 Å². The van der Waals surface area contributed by atoms with Crippen LogP contribution in [0, 0.1) is 0 Å². The molecule has 0 bridgehead atoms. The number of aromatic nitrogens is 5. The van der Waals surface area contributed by atoms with Gasteiger partial charge in [0.05, 0.1) is 23.7 Å². The number of benzene rings is 2. The van der Waals surface area contributed by atoms with Gasteiger partial charge in [0.2, 0.25) is 5.91 Å². The van der Waals surface area contributed by atoms with Crippen LogP contribution >= 0.6 is 23.2 Å². The molecule has 1 N–H and O–H groups in total. The third-order valence-electron chi connectivity index (χ3n) is 4.48. The fourth-order valence-electron chi connectivity index (χ4n) is 2.98. The number of methoxy groups -OCH3 is 1. The van der Waals surface area contributed by atoms with Crippen molar-refractivity contribution in [3.05, 3.63) is 74.8 Å². The molecule has 0 atom stereocenters. The molecule has 0 unspecified atom stereocenters. The first-order chi connectivity index (χ1) is 14.9. The van der Waals surface area contributed by atoms with Crippen molar-refractivity contribution in [2.45, 2.75) is 13.1 Å². The molecule has 0 spiro atoms. The second-order valence-electron chi connectivity index (χ2n) is 6.63. The second kappa shape index (κ2) is 8.75. The highest BCUT2D eigenvalue weighted by Gasteiger charge is 2.14. The van der Waals surface area contributed by atoms with Gasteiger partial charge in [-0.1, -0.05) is 40.5 Å². The summed E-state index contributed by atoms with van der Waals surface area (Å²) >= 11 is 11.8. The van der Waals surface area contributed by atoms with E-state index in [1.165, 1.54) is 21.6 Å². The van der Waals surface area contributed by atoms with Crippen LogP contribution in [0.5, 0.6) is 5.75 Å². The van der Waals surface area contributed by atoms with E-state index in [0.717, 1.165) is 5.56 Å². The van der Waals surface area contributed by atoms with E-state index in [1.807, 2.05) is 24.3 Å². The smallest absolute Gasteiger partial charge is 0.283 e. The predicted octanol–water partition coefficient (Wildman–Crippen LogP) is 2.99. The first-order valence-corrected chi connectivity index (χ1v) is 9.86. The largest absolute Gasteiger partial charge is 0.497 e. The molecule has 158 valence electrons. The Morgan fingerprint density at radius 3 is 2.77 bits per heavy atom. The highest BCUT2D eigenvalue weighted by molar-refractivity contribution is 6.42. The van der Waals surface area contributed by atoms with Crippen LogP contribution < -0.4 is 15.6 Å². The monoisotopic (exact) mass is 458 g/mol. The lowest BCUT2D eigenvalue weighted by atomic mass is 10.2. The Labute approximate surface area is 186 Å². The summed E-state index contributed by atoms with van der Waals surface area (Å²) < 4.78 is 7.91. The lowest BCUT2D eigenvalue weighted by Gasteiger charge is -2.08. The Kier molecular flexibility index (Phi) is 5.88. The van der Waals surface area contributed by atoms with Crippen LogP contribution in [0.15, 0.2) is 53.6 Å². The molecule has 0 aliphatic carbocycles. The minimum Gasteiger partial charge on any atom is -0.497 e. The molecular formula is C20H16Cl2N6O3. The molecule has 2 aromatic carbocycles. The maximum atomic E-state index is 12.7. The first-order valence-electron chi connectivity index (χ1n) is 9.11. The summed E-state index contributed by atoms with van der Waals surface area (Å²) in [5.74, 6) is 0.288. The average molecular weight is 459 g/mol. The number of nitrogens with zero attached hydrogens (tertiary/aromatic N) is 5. The van der Waals surface area contributed by atoms with Crippen LogP contribution in [0.3, 0.4) is 0 Å². The first kappa shape index (κ1) is 20.8. The van der Waals surface area contributed by atoms with Crippen LogP contribution in [-0.4, -0.2) is 37.6 Å². The van der Waals surface area contributed by atoms with Gasteiger partial charge in [-0.15, -0.1) is 5.10 Å². The van der Waals surface area contributed by atoms with Crippen LogP contribution in [0.4, 0.5) is 5.69 Å². The number of hydrogen-bond donors (Lipinski definition) is 1. The molecule has 9 nitrogen and oxygen atoms in total. The van der Waals surface area contributed by atoms with Crippen LogP contribution in [0.2, 0.25) is 10.0 Å². The van der Waals surface area contributed by atoms with Gasteiger partial charge in [0, 0.05) is 5.69 Å². The fraction of sp³-hybridized carbons (Fsp3) is 0.150. The Balaban J connectivity index is 1.53. The van der Waals surface area contributed by atoms with Crippen molar-refractivity contribution in [2.24, 2.45) is 0 Å². The van der Waals surface area contributed by atoms with E-state index in [1.54, 1.807) is 19.2 Å². The number of halogens is 2. The zero-order valence-corrected chi connectivity index (χ0v) is 17.8. The Morgan fingerprint density at radius 1 is 1.16 bits per heavy atom. The lowest BCUT2D eigenvalue weighted by molar-refractivity contribution is -0.116. The summed E-state index contributed by atoms with van der Waals surface area (Å²) in [7, 11) is 1.59. The van der Waals surface area contributed by atoms with Crippen molar-refractivity contribution in [3.63, 3.8) is 0 Å². The second-order valence-corrected chi connectivity index (χ2v) is 7.44. The quantitative estimate of drug-likeness (QED) is 0.476. The number of ether oxygens (including phenoxy) is 1. The molecule has 1 amide bonds. The fourth-order valence-corrected chi connectivity index (χ4v) is 3.28. The van der Waals surface area contributed by atoms with Gasteiger partial charge >= 0.3 is 0 Å². The minimum atomic E-state index is -0.466. The van der Waals surface area contributed by atoms with E-state index in [0.29, 0.717) is 33.7 Å². The number of anilines is 1. The summed E-state index contributed by atoms with van der Waals surface area (Å²) in [6.45, 7) is 0.118. The topological polar surface area (TPSA) is 104 Å². The standard InChI is InChI=1S/C20H16Cl2N6O3/c1-31-14-4-2-3-12(7-14)9-28-19-18(25-26-28)20(30)27(11-23-19)10-17(29)24-13-5-6-15(21)16(22)8-13/h2-8,11H,9-10H2,1H3,(H,24,29). The van der Waals surface area contributed by atoms with Crippen molar-refractivity contribution < 1.29 is 9.53 Å². The molecule has 0 saturated heterocycles. The maximum Gasteiger partial charge on any atom is 0.283 e. The summed E-state index contributed by atoms with van der Waals surface area (Å²) in [5.41, 5.74) is 1.32. The van der Waals surface area contributed by atoms with Gasteiger partial charge in [-0.25, -0.2) is 9.67 Å². The van der Waals surface area contributed by atoms with Gasteiger partial charge in [-0.2, -0.15) is 0 Å². The van der Waals surface area contributed by atoms with E-state index < -0.39 is 11.5 Å². The zero-order valence-electron chi connectivity index (χ0n) is 16.2. The van der Waals surface area contributed by atoms with Gasteiger partial charge in [0.15, 0.2) is 11.2 Å². The molecule has 0 fully saturated rings.